The first-order valence-electron chi connectivity index (χ1n) is 10.6. The maximum atomic E-state index is 13.9. The zero-order valence-electron chi connectivity index (χ0n) is 18.0. The van der Waals surface area contributed by atoms with Gasteiger partial charge in [-0.1, -0.05) is 41.4 Å². The summed E-state index contributed by atoms with van der Waals surface area (Å²) in [6.07, 6.45) is 0. The molecule has 34 heavy (non-hydrogen) atoms. The number of rotatable bonds is 4. The Balaban J connectivity index is 1.83. The first-order valence-corrected chi connectivity index (χ1v) is 11.3. The fourth-order valence-corrected chi connectivity index (χ4v) is 4.96. The lowest BCUT2D eigenvalue weighted by Gasteiger charge is -2.37. The van der Waals surface area contributed by atoms with Crippen molar-refractivity contribution < 1.29 is 19.4 Å². The van der Waals surface area contributed by atoms with Crippen molar-refractivity contribution in [2.75, 3.05) is 16.9 Å². The number of amides is 1. The van der Waals surface area contributed by atoms with Crippen LogP contribution in [0.5, 0.6) is 5.75 Å². The lowest BCUT2D eigenvalue weighted by atomic mass is 9.73. The van der Waals surface area contributed by atoms with Gasteiger partial charge in [0.05, 0.1) is 18.2 Å². The molecule has 2 aliphatic rings. The molecule has 3 aromatic carbocycles. The number of hydrazone groups is 1. The van der Waals surface area contributed by atoms with Gasteiger partial charge in [-0.2, -0.15) is 5.10 Å². The zero-order chi connectivity index (χ0) is 24.0. The van der Waals surface area contributed by atoms with E-state index in [-0.39, 0.29) is 18.1 Å². The molecular weight excluding hydrogens is 477 g/mol. The van der Waals surface area contributed by atoms with Crippen LogP contribution in [0.25, 0.3) is 0 Å². The average Bonchev–Trinajstić information content (AvgIpc) is 3.30. The molecule has 2 aliphatic heterocycles. The summed E-state index contributed by atoms with van der Waals surface area (Å²) in [5, 5.41) is 20.3. The Hall–Kier alpha value is -3.55. The van der Waals surface area contributed by atoms with Crippen molar-refractivity contribution >= 4 is 52.2 Å². The molecule has 0 fully saturated rings. The predicted molar refractivity (Wildman–Crippen MR) is 131 cm³/mol. The van der Waals surface area contributed by atoms with E-state index in [2.05, 4.69) is 10.4 Å². The molecule has 0 aliphatic carbocycles. The highest BCUT2D eigenvalue weighted by molar-refractivity contribution is 6.41. The van der Waals surface area contributed by atoms with Crippen LogP contribution < -0.4 is 10.3 Å². The van der Waals surface area contributed by atoms with E-state index in [0.29, 0.717) is 32.5 Å². The van der Waals surface area contributed by atoms with Gasteiger partial charge in [-0.3, -0.25) is 4.79 Å². The second-order valence-electron chi connectivity index (χ2n) is 7.93. The molecule has 9 heteroatoms. The van der Waals surface area contributed by atoms with E-state index in [9.17, 15) is 14.7 Å². The van der Waals surface area contributed by atoms with Gasteiger partial charge in [-0.15, -0.1) is 0 Å². The second-order valence-corrected chi connectivity index (χ2v) is 8.81. The molecule has 0 aromatic heterocycles. The van der Waals surface area contributed by atoms with Gasteiger partial charge < -0.3 is 15.2 Å². The minimum Gasteiger partial charge on any atom is -0.508 e. The number of esters is 1. The summed E-state index contributed by atoms with van der Waals surface area (Å²) in [7, 11) is 0. The van der Waals surface area contributed by atoms with Gasteiger partial charge in [-0.25, -0.2) is 9.80 Å². The van der Waals surface area contributed by atoms with Crippen LogP contribution in [0.3, 0.4) is 0 Å². The molecule has 1 spiro atoms. The van der Waals surface area contributed by atoms with E-state index in [1.807, 2.05) is 0 Å². The first kappa shape index (κ1) is 22.3. The number of hydrogen-bond acceptors (Lipinski definition) is 6. The summed E-state index contributed by atoms with van der Waals surface area (Å²) in [5.74, 6) is -1.94. The molecule has 0 bridgehead atoms. The van der Waals surface area contributed by atoms with Gasteiger partial charge in [0.1, 0.15) is 5.75 Å². The molecule has 2 heterocycles. The third-order valence-electron chi connectivity index (χ3n) is 5.98. The van der Waals surface area contributed by atoms with Gasteiger partial charge in [0, 0.05) is 21.3 Å². The molecule has 0 saturated heterocycles. The summed E-state index contributed by atoms with van der Waals surface area (Å²) in [6, 6.07) is 18.3. The Labute approximate surface area is 205 Å². The van der Waals surface area contributed by atoms with E-state index in [1.54, 1.807) is 61.5 Å². The number of ether oxygens (including phenoxy) is 1. The Kier molecular flexibility index (Phi) is 5.46. The van der Waals surface area contributed by atoms with Crippen molar-refractivity contribution in [1.29, 1.82) is 0 Å². The standard InChI is InChI=1S/C25H19Cl2N3O4/c1-2-34-23(32)22-21(14-4-3-5-18(31)12-14)25(30(29-22)17-9-6-15(26)7-10-17)19-11-8-16(27)13-20(19)28-24(25)33/h3-13,21,31H,2H2,1H3,(H,28,33). The largest absolute Gasteiger partial charge is 0.508 e. The number of phenolic OH excluding ortho intramolecular Hbond substituents is 1. The Bertz CT molecular complexity index is 1340. The Morgan fingerprint density at radius 3 is 2.56 bits per heavy atom. The molecule has 7 nitrogen and oxygen atoms in total. The van der Waals surface area contributed by atoms with E-state index >= 15 is 0 Å². The summed E-state index contributed by atoms with van der Waals surface area (Å²) < 4.78 is 5.32. The van der Waals surface area contributed by atoms with Gasteiger partial charge in [0.15, 0.2) is 11.3 Å². The Morgan fingerprint density at radius 1 is 1.12 bits per heavy atom. The fourth-order valence-electron chi connectivity index (χ4n) is 4.66. The molecule has 2 N–H and O–H groups in total. The highest BCUT2D eigenvalue weighted by Crippen LogP contribution is 2.55. The van der Waals surface area contributed by atoms with Crippen LogP contribution in [0, 0.1) is 0 Å². The number of phenols is 1. The number of benzene rings is 3. The maximum absolute atomic E-state index is 13.9. The summed E-state index contributed by atoms with van der Waals surface area (Å²) in [6.45, 7) is 1.83. The van der Waals surface area contributed by atoms with Crippen LogP contribution in [-0.4, -0.2) is 29.3 Å². The van der Waals surface area contributed by atoms with Crippen LogP contribution in [0.15, 0.2) is 71.8 Å². The molecule has 2 atom stereocenters. The van der Waals surface area contributed by atoms with Crippen molar-refractivity contribution in [3.8, 4) is 5.75 Å². The number of carbonyl (C=O) groups is 2. The SMILES string of the molecule is CCOC(=O)C1=NN(c2ccc(Cl)cc2)C2(C(=O)Nc3cc(Cl)ccc32)C1c1cccc(O)c1. The molecule has 5 rings (SSSR count). The highest BCUT2D eigenvalue weighted by atomic mass is 35.5. The number of carbonyl (C=O) groups excluding carboxylic acids is 2. The normalized spacial score (nSPS) is 20.8. The van der Waals surface area contributed by atoms with Crippen molar-refractivity contribution in [2.45, 2.75) is 18.4 Å². The first-order chi connectivity index (χ1) is 16.4. The molecule has 1 amide bonds. The van der Waals surface area contributed by atoms with Crippen molar-refractivity contribution in [2.24, 2.45) is 5.10 Å². The summed E-state index contributed by atoms with van der Waals surface area (Å²) in [4.78, 5) is 27.0. The van der Waals surface area contributed by atoms with Gasteiger partial charge in [0.2, 0.25) is 0 Å². The third kappa shape index (κ3) is 3.31. The van der Waals surface area contributed by atoms with E-state index in [1.165, 1.54) is 17.1 Å². The smallest absolute Gasteiger partial charge is 0.355 e. The van der Waals surface area contributed by atoms with Crippen molar-refractivity contribution in [3.63, 3.8) is 0 Å². The monoisotopic (exact) mass is 495 g/mol. The number of halogens is 2. The molecular formula is C25H19Cl2N3O4. The molecule has 0 saturated carbocycles. The fraction of sp³-hybridized carbons (Fsp3) is 0.160. The van der Waals surface area contributed by atoms with E-state index in [4.69, 9.17) is 27.9 Å². The van der Waals surface area contributed by atoms with Crippen LogP contribution in [0.4, 0.5) is 11.4 Å². The van der Waals surface area contributed by atoms with Gasteiger partial charge in [0.25, 0.3) is 5.91 Å². The minimum absolute atomic E-state index is 0.00413. The lowest BCUT2D eigenvalue weighted by Crippen LogP contribution is -2.51. The van der Waals surface area contributed by atoms with E-state index in [0.717, 1.165) is 0 Å². The number of nitrogens with zero attached hydrogens (tertiary/aromatic N) is 2. The summed E-state index contributed by atoms with van der Waals surface area (Å²) in [5.41, 5.74) is 0.743. The third-order valence-corrected chi connectivity index (χ3v) is 6.47. The molecule has 0 radical (unpaired) electrons. The highest BCUT2D eigenvalue weighted by Gasteiger charge is 2.64. The lowest BCUT2D eigenvalue weighted by molar-refractivity contribution is -0.135. The van der Waals surface area contributed by atoms with Crippen LogP contribution in [0.1, 0.15) is 24.0 Å². The summed E-state index contributed by atoms with van der Waals surface area (Å²) >= 11 is 12.3. The second kappa shape index (κ2) is 8.34. The number of aromatic hydroxyl groups is 1. The van der Waals surface area contributed by atoms with Gasteiger partial charge in [-0.05, 0) is 61.0 Å². The van der Waals surface area contributed by atoms with Crippen molar-refractivity contribution in [1.82, 2.24) is 0 Å². The molecule has 2 unspecified atom stereocenters. The van der Waals surface area contributed by atoms with Crippen molar-refractivity contribution in [3.05, 3.63) is 87.9 Å². The zero-order valence-corrected chi connectivity index (χ0v) is 19.5. The Morgan fingerprint density at radius 2 is 1.85 bits per heavy atom. The maximum Gasteiger partial charge on any atom is 0.355 e. The average molecular weight is 496 g/mol. The number of hydrogen-bond donors (Lipinski definition) is 2. The molecule has 172 valence electrons. The van der Waals surface area contributed by atoms with E-state index < -0.39 is 23.3 Å². The van der Waals surface area contributed by atoms with Crippen LogP contribution in [-0.2, 0) is 19.9 Å². The van der Waals surface area contributed by atoms with Crippen LogP contribution in [0.2, 0.25) is 10.0 Å². The quantitative estimate of drug-likeness (QED) is 0.493. The predicted octanol–water partition coefficient (Wildman–Crippen LogP) is 5.07. The number of anilines is 2. The topological polar surface area (TPSA) is 91.2 Å². The minimum atomic E-state index is -1.48. The van der Waals surface area contributed by atoms with Crippen LogP contribution >= 0.6 is 23.2 Å². The number of nitrogens with one attached hydrogen (secondary N) is 1. The molecule has 3 aromatic rings. The van der Waals surface area contributed by atoms with Gasteiger partial charge >= 0.3 is 5.97 Å². The number of fused-ring (bicyclic) bond motifs is 2.